The average molecular weight is 181 g/mol. The van der Waals surface area contributed by atoms with E-state index >= 15 is 0 Å². The predicted molar refractivity (Wildman–Crippen MR) is 45.4 cm³/mol. The first-order valence-corrected chi connectivity index (χ1v) is 4.20. The summed E-state index contributed by atoms with van der Waals surface area (Å²) in [6.45, 7) is 2.62. The zero-order valence-electron chi connectivity index (χ0n) is 7.36. The molecule has 2 heterocycles. The van der Waals surface area contributed by atoms with Gasteiger partial charge in [0.1, 0.15) is 5.76 Å². The fourth-order valence-corrected chi connectivity index (χ4v) is 1.40. The normalized spacial score (nSPS) is 17.2. The molecule has 0 aliphatic carbocycles. The number of hydrogen-bond donors (Lipinski definition) is 1. The summed E-state index contributed by atoms with van der Waals surface area (Å²) in [7, 11) is 0. The molecule has 0 spiro atoms. The third-order valence-electron chi connectivity index (χ3n) is 2.24. The standard InChI is InChI=1S/C9H11NO3/c1-6-8(2-3-13-6)9(12)10-4-7(11)5-10/h2-3,7,11H,4-5H2,1H3. The first-order valence-electron chi connectivity index (χ1n) is 4.20. The van der Waals surface area contributed by atoms with Gasteiger partial charge in [0, 0.05) is 13.1 Å². The monoisotopic (exact) mass is 181 g/mol. The van der Waals surface area contributed by atoms with Crippen LogP contribution in [0, 0.1) is 6.92 Å². The Labute approximate surface area is 75.8 Å². The molecular weight excluding hydrogens is 170 g/mol. The van der Waals surface area contributed by atoms with Crippen LogP contribution in [0.5, 0.6) is 0 Å². The second kappa shape index (κ2) is 2.88. The molecule has 0 bridgehead atoms. The van der Waals surface area contributed by atoms with Gasteiger partial charge >= 0.3 is 0 Å². The van der Waals surface area contributed by atoms with Crippen LogP contribution in [0.2, 0.25) is 0 Å². The van der Waals surface area contributed by atoms with Crippen LogP contribution in [0.25, 0.3) is 0 Å². The van der Waals surface area contributed by atoms with E-state index in [1.807, 2.05) is 0 Å². The lowest BCUT2D eigenvalue weighted by Gasteiger charge is -2.35. The van der Waals surface area contributed by atoms with E-state index in [2.05, 4.69) is 0 Å². The Kier molecular flexibility index (Phi) is 1.84. The van der Waals surface area contributed by atoms with E-state index in [9.17, 15) is 4.79 Å². The molecule has 1 fully saturated rings. The number of amides is 1. The Balaban J connectivity index is 2.10. The van der Waals surface area contributed by atoms with Crippen LogP contribution in [0.1, 0.15) is 16.1 Å². The van der Waals surface area contributed by atoms with Gasteiger partial charge in [-0.25, -0.2) is 0 Å². The molecule has 0 radical (unpaired) electrons. The fourth-order valence-electron chi connectivity index (χ4n) is 1.40. The number of aliphatic hydroxyl groups excluding tert-OH is 1. The van der Waals surface area contributed by atoms with Gasteiger partial charge in [-0.15, -0.1) is 0 Å². The second-order valence-electron chi connectivity index (χ2n) is 3.25. The summed E-state index contributed by atoms with van der Waals surface area (Å²) >= 11 is 0. The molecule has 4 nitrogen and oxygen atoms in total. The summed E-state index contributed by atoms with van der Waals surface area (Å²) < 4.78 is 5.02. The number of hydrogen-bond acceptors (Lipinski definition) is 3. The Hall–Kier alpha value is -1.29. The quantitative estimate of drug-likeness (QED) is 0.682. The van der Waals surface area contributed by atoms with E-state index in [-0.39, 0.29) is 12.0 Å². The van der Waals surface area contributed by atoms with Crippen LogP contribution in [0.15, 0.2) is 16.7 Å². The van der Waals surface area contributed by atoms with Gasteiger partial charge in [-0.2, -0.15) is 0 Å². The van der Waals surface area contributed by atoms with Crippen LogP contribution < -0.4 is 0 Å². The number of rotatable bonds is 1. The van der Waals surface area contributed by atoms with Gasteiger partial charge < -0.3 is 14.4 Å². The average Bonchev–Trinajstić information content (AvgIpc) is 2.44. The number of carbonyl (C=O) groups is 1. The number of β-amino-alcohol motifs (C(OH)–C–C–N with tert-alkyl or cyclic N) is 1. The summed E-state index contributed by atoms with van der Waals surface area (Å²) in [6, 6.07) is 1.66. The van der Waals surface area contributed by atoms with Crippen LogP contribution in [0.3, 0.4) is 0 Å². The van der Waals surface area contributed by atoms with Crippen molar-refractivity contribution >= 4 is 5.91 Å². The molecule has 1 saturated heterocycles. The Morgan fingerprint density at radius 1 is 1.69 bits per heavy atom. The SMILES string of the molecule is Cc1occc1C(=O)N1CC(O)C1. The van der Waals surface area contributed by atoms with Crippen LogP contribution in [-0.4, -0.2) is 35.1 Å². The van der Waals surface area contributed by atoms with Crippen molar-refractivity contribution in [2.45, 2.75) is 13.0 Å². The minimum absolute atomic E-state index is 0.0587. The Bertz CT molecular complexity index is 325. The van der Waals surface area contributed by atoms with E-state index in [0.29, 0.717) is 24.4 Å². The molecule has 0 saturated carbocycles. The van der Waals surface area contributed by atoms with Crippen molar-refractivity contribution < 1.29 is 14.3 Å². The van der Waals surface area contributed by atoms with Crippen molar-refractivity contribution in [3.8, 4) is 0 Å². The number of aryl methyl sites for hydroxylation is 1. The summed E-state index contributed by atoms with van der Waals surface area (Å²) in [5, 5.41) is 9.02. The predicted octanol–water partition coefficient (Wildman–Crippen LogP) is 0.405. The molecular formula is C9H11NO3. The summed E-state index contributed by atoms with van der Waals surface area (Å²) in [5.74, 6) is 0.572. The van der Waals surface area contributed by atoms with Crippen molar-refractivity contribution in [2.75, 3.05) is 13.1 Å². The van der Waals surface area contributed by atoms with Crippen molar-refractivity contribution in [3.05, 3.63) is 23.7 Å². The molecule has 1 amide bonds. The second-order valence-corrected chi connectivity index (χ2v) is 3.25. The molecule has 1 N–H and O–H groups in total. The Morgan fingerprint density at radius 2 is 2.38 bits per heavy atom. The molecule has 13 heavy (non-hydrogen) atoms. The van der Waals surface area contributed by atoms with Gasteiger partial charge in [-0.05, 0) is 13.0 Å². The first-order chi connectivity index (χ1) is 6.18. The van der Waals surface area contributed by atoms with E-state index in [4.69, 9.17) is 9.52 Å². The highest BCUT2D eigenvalue weighted by Gasteiger charge is 2.30. The Morgan fingerprint density at radius 3 is 2.85 bits per heavy atom. The molecule has 1 aliphatic rings. The first kappa shape index (κ1) is 8.31. The molecule has 70 valence electrons. The maximum absolute atomic E-state index is 11.6. The maximum atomic E-state index is 11.6. The van der Waals surface area contributed by atoms with Crippen LogP contribution in [-0.2, 0) is 0 Å². The van der Waals surface area contributed by atoms with Gasteiger partial charge in [-0.1, -0.05) is 0 Å². The molecule has 0 aromatic carbocycles. The van der Waals surface area contributed by atoms with E-state index in [1.54, 1.807) is 17.9 Å². The molecule has 1 aliphatic heterocycles. The number of carbonyl (C=O) groups excluding carboxylic acids is 1. The lowest BCUT2D eigenvalue weighted by atomic mass is 10.1. The number of likely N-dealkylation sites (tertiary alicyclic amines) is 1. The third-order valence-corrected chi connectivity index (χ3v) is 2.24. The van der Waals surface area contributed by atoms with Crippen molar-refractivity contribution in [1.29, 1.82) is 0 Å². The minimum Gasteiger partial charge on any atom is -0.469 e. The van der Waals surface area contributed by atoms with Crippen LogP contribution in [0.4, 0.5) is 0 Å². The smallest absolute Gasteiger partial charge is 0.257 e. The largest absolute Gasteiger partial charge is 0.469 e. The number of furan rings is 1. The molecule has 2 rings (SSSR count). The fraction of sp³-hybridized carbons (Fsp3) is 0.444. The summed E-state index contributed by atoms with van der Waals surface area (Å²) in [5.41, 5.74) is 0.590. The lowest BCUT2D eigenvalue weighted by molar-refractivity contribution is 0.00577. The highest BCUT2D eigenvalue weighted by atomic mass is 16.3. The number of nitrogens with zero attached hydrogens (tertiary/aromatic N) is 1. The van der Waals surface area contributed by atoms with E-state index in [1.165, 1.54) is 6.26 Å². The lowest BCUT2D eigenvalue weighted by Crippen LogP contribution is -2.53. The highest BCUT2D eigenvalue weighted by Crippen LogP contribution is 2.16. The van der Waals surface area contributed by atoms with Gasteiger partial charge in [0.15, 0.2) is 0 Å². The maximum Gasteiger partial charge on any atom is 0.257 e. The van der Waals surface area contributed by atoms with Gasteiger partial charge in [-0.3, -0.25) is 4.79 Å². The van der Waals surface area contributed by atoms with Gasteiger partial charge in [0.2, 0.25) is 0 Å². The van der Waals surface area contributed by atoms with Crippen molar-refractivity contribution in [3.63, 3.8) is 0 Å². The van der Waals surface area contributed by atoms with E-state index in [0.717, 1.165) is 0 Å². The third kappa shape index (κ3) is 1.33. The van der Waals surface area contributed by atoms with Gasteiger partial charge in [0.25, 0.3) is 5.91 Å². The van der Waals surface area contributed by atoms with E-state index < -0.39 is 0 Å². The summed E-state index contributed by atoms with van der Waals surface area (Å²) in [4.78, 5) is 13.2. The molecule has 1 aromatic heterocycles. The zero-order valence-corrected chi connectivity index (χ0v) is 7.36. The van der Waals surface area contributed by atoms with Crippen molar-refractivity contribution in [1.82, 2.24) is 4.90 Å². The van der Waals surface area contributed by atoms with Crippen molar-refractivity contribution in [2.24, 2.45) is 0 Å². The molecule has 1 aromatic rings. The zero-order chi connectivity index (χ0) is 9.42. The molecule has 0 atom stereocenters. The van der Waals surface area contributed by atoms with Crippen LogP contribution >= 0.6 is 0 Å². The highest BCUT2D eigenvalue weighted by molar-refractivity contribution is 5.95. The minimum atomic E-state index is -0.351. The molecule has 4 heteroatoms. The molecule has 0 unspecified atom stereocenters. The number of aliphatic hydroxyl groups is 1. The van der Waals surface area contributed by atoms with Gasteiger partial charge in [0.05, 0.1) is 17.9 Å². The summed E-state index contributed by atoms with van der Waals surface area (Å²) in [6.07, 6.45) is 1.15. The topological polar surface area (TPSA) is 53.7 Å².